The van der Waals surface area contributed by atoms with Crippen LogP contribution in [0.1, 0.15) is 19.3 Å². The van der Waals surface area contributed by atoms with Gasteiger partial charge in [-0.1, -0.05) is 23.8 Å². The molecule has 0 bridgehead atoms. The van der Waals surface area contributed by atoms with Crippen LogP contribution in [0.4, 0.5) is 0 Å². The van der Waals surface area contributed by atoms with E-state index in [0.717, 1.165) is 18.4 Å². The predicted molar refractivity (Wildman–Crippen MR) is 44.2 cm³/mol. The van der Waals surface area contributed by atoms with Crippen molar-refractivity contribution in [1.82, 2.24) is 0 Å². The Morgan fingerprint density at radius 2 is 1.82 bits per heavy atom. The standard InChI is InChI=1S/C10H10O/c11-10-7-2-1-6-9(10)8-4-3-5-8/h1-2,6-7H,3-5H2. The molecule has 2 aliphatic carbocycles. The molecule has 2 rings (SSSR count). The molecule has 0 amide bonds. The number of carbonyl (C=O) groups excluding carboxylic acids is 1. The van der Waals surface area contributed by atoms with Crippen molar-refractivity contribution in [1.29, 1.82) is 0 Å². The molecule has 0 atom stereocenters. The van der Waals surface area contributed by atoms with E-state index in [4.69, 9.17) is 0 Å². The fourth-order valence-electron chi connectivity index (χ4n) is 1.38. The van der Waals surface area contributed by atoms with E-state index >= 15 is 0 Å². The Balaban J connectivity index is 2.32. The van der Waals surface area contributed by atoms with Crippen LogP contribution >= 0.6 is 0 Å². The Hall–Kier alpha value is -1.11. The number of rotatable bonds is 0. The quantitative estimate of drug-likeness (QED) is 0.478. The minimum atomic E-state index is 0.183. The first-order valence-corrected chi connectivity index (χ1v) is 3.99. The average molecular weight is 146 g/mol. The van der Waals surface area contributed by atoms with Gasteiger partial charge in [0.25, 0.3) is 0 Å². The van der Waals surface area contributed by atoms with Gasteiger partial charge in [-0.2, -0.15) is 0 Å². The first kappa shape index (κ1) is 6.59. The SMILES string of the molecule is O=C1C=CC=CC1=C1CCC1. The van der Waals surface area contributed by atoms with Crippen molar-refractivity contribution in [2.24, 2.45) is 0 Å². The second-order valence-corrected chi connectivity index (χ2v) is 2.95. The summed E-state index contributed by atoms with van der Waals surface area (Å²) in [7, 11) is 0. The van der Waals surface area contributed by atoms with Crippen molar-refractivity contribution in [3.63, 3.8) is 0 Å². The van der Waals surface area contributed by atoms with Gasteiger partial charge in [-0.3, -0.25) is 4.79 Å². The fraction of sp³-hybridized carbons (Fsp3) is 0.300. The normalized spacial score (nSPS) is 22.4. The largest absolute Gasteiger partial charge is 0.289 e. The van der Waals surface area contributed by atoms with Crippen molar-refractivity contribution >= 4 is 5.78 Å². The lowest BCUT2D eigenvalue weighted by Gasteiger charge is -2.19. The molecule has 1 fully saturated rings. The van der Waals surface area contributed by atoms with Gasteiger partial charge in [0.15, 0.2) is 5.78 Å². The Kier molecular flexibility index (Phi) is 1.50. The van der Waals surface area contributed by atoms with Crippen molar-refractivity contribution in [3.05, 3.63) is 35.5 Å². The summed E-state index contributed by atoms with van der Waals surface area (Å²) in [6.07, 6.45) is 10.8. The number of hydrogen-bond acceptors (Lipinski definition) is 1. The summed E-state index contributed by atoms with van der Waals surface area (Å²) >= 11 is 0. The molecule has 56 valence electrons. The van der Waals surface area contributed by atoms with Crippen LogP contribution in [0.3, 0.4) is 0 Å². The summed E-state index contributed by atoms with van der Waals surface area (Å²) in [5.74, 6) is 0.183. The maximum absolute atomic E-state index is 11.2. The summed E-state index contributed by atoms with van der Waals surface area (Å²) in [6.45, 7) is 0. The topological polar surface area (TPSA) is 17.1 Å². The minimum Gasteiger partial charge on any atom is -0.289 e. The first-order valence-electron chi connectivity index (χ1n) is 3.99. The lowest BCUT2D eigenvalue weighted by molar-refractivity contribution is -0.111. The lowest BCUT2D eigenvalue weighted by atomic mass is 9.85. The molecule has 1 heteroatoms. The molecular weight excluding hydrogens is 136 g/mol. The Labute approximate surface area is 66.1 Å². The fourth-order valence-corrected chi connectivity index (χ4v) is 1.38. The molecule has 0 unspecified atom stereocenters. The summed E-state index contributed by atoms with van der Waals surface area (Å²) in [5, 5.41) is 0. The molecule has 0 radical (unpaired) electrons. The van der Waals surface area contributed by atoms with Gasteiger partial charge in [0.1, 0.15) is 0 Å². The highest BCUT2D eigenvalue weighted by Gasteiger charge is 2.17. The third-order valence-electron chi connectivity index (χ3n) is 2.23. The zero-order valence-electron chi connectivity index (χ0n) is 6.34. The second-order valence-electron chi connectivity index (χ2n) is 2.95. The highest BCUT2D eigenvalue weighted by atomic mass is 16.1. The van der Waals surface area contributed by atoms with E-state index in [1.165, 1.54) is 12.0 Å². The minimum absolute atomic E-state index is 0.183. The third kappa shape index (κ3) is 1.07. The van der Waals surface area contributed by atoms with E-state index < -0.39 is 0 Å². The third-order valence-corrected chi connectivity index (χ3v) is 2.23. The zero-order chi connectivity index (χ0) is 7.68. The Morgan fingerprint density at radius 3 is 2.36 bits per heavy atom. The van der Waals surface area contributed by atoms with Gasteiger partial charge in [-0.05, 0) is 25.3 Å². The lowest BCUT2D eigenvalue weighted by Crippen LogP contribution is -2.08. The predicted octanol–water partition coefficient (Wildman–Crippen LogP) is 2.16. The molecule has 11 heavy (non-hydrogen) atoms. The van der Waals surface area contributed by atoms with E-state index in [1.54, 1.807) is 12.2 Å². The van der Waals surface area contributed by atoms with Gasteiger partial charge < -0.3 is 0 Å². The molecule has 2 aliphatic rings. The maximum atomic E-state index is 11.2. The van der Waals surface area contributed by atoms with Crippen LogP contribution in [-0.4, -0.2) is 5.78 Å². The summed E-state index contributed by atoms with van der Waals surface area (Å²) in [6, 6.07) is 0. The Morgan fingerprint density at radius 1 is 1.09 bits per heavy atom. The van der Waals surface area contributed by atoms with Crippen LogP contribution in [-0.2, 0) is 4.79 Å². The summed E-state index contributed by atoms with van der Waals surface area (Å²) in [5.41, 5.74) is 2.29. The van der Waals surface area contributed by atoms with Gasteiger partial charge in [-0.25, -0.2) is 0 Å². The van der Waals surface area contributed by atoms with Crippen LogP contribution in [0.2, 0.25) is 0 Å². The molecule has 1 saturated carbocycles. The molecule has 0 N–H and O–H groups in total. The molecule has 0 aromatic carbocycles. The van der Waals surface area contributed by atoms with E-state index in [0.29, 0.717) is 0 Å². The molecule has 0 saturated heterocycles. The molecular formula is C10H10O. The maximum Gasteiger partial charge on any atom is 0.185 e. The molecule has 1 nitrogen and oxygen atoms in total. The molecule has 0 aliphatic heterocycles. The summed E-state index contributed by atoms with van der Waals surface area (Å²) < 4.78 is 0. The molecule has 0 aromatic heterocycles. The monoisotopic (exact) mass is 146 g/mol. The number of allylic oxidation sites excluding steroid dienone is 6. The number of ketones is 1. The highest BCUT2D eigenvalue weighted by Crippen LogP contribution is 2.30. The number of hydrogen-bond donors (Lipinski definition) is 0. The van der Waals surface area contributed by atoms with E-state index in [2.05, 4.69) is 0 Å². The zero-order valence-corrected chi connectivity index (χ0v) is 6.34. The van der Waals surface area contributed by atoms with Crippen LogP contribution in [0, 0.1) is 0 Å². The van der Waals surface area contributed by atoms with E-state index in [1.807, 2.05) is 12.2 Å². The van der Waals surface area contributed by atoms with Gasteiger partial charge in [0.05, 0.1) is 0 Å². The van der Waals surface area contributed by atoms with Gasteiger partial charge in [-0.15, -0.1) is 0 Å². The van der Waals surface area contributed by atoms with Crippen LogP contribution in [0.5, 0.6) is 0 Å². The molecule has 0 heterocycles. The van der Waals surface area contributed by atoms with Crippen molar-refractivity contribution in [2.75, 3.05) is 0 Å². The van der Waals surface area contributed by atoms with Crippen LogP contribution < -0.4 is 0 Å². The van der Waals surface area contributed by atoms with E-state index in [-0.39, 0.29) is 5.78 Å². The van der Waals surface area contributed by atoms with Gasteiger partial charge in [0, 0.05) is 5.57 Å². The van der Waals surface area contributed by atoms with Crippen LogP contribution in [0.25, 0.3) is 0 Å². The molecule has 0 aromatic rings. The van der Waals surface area contributed by atoms with Crippen molar-refractivity contribution in [3.8, 4) is 0 Å². The Bertz CT molecular complexity index is 273. The second kappa shape index (κ2) is 2.50. The number of carbonyl (C=O) groups is 1. The van der Waals surface area contributed by atoms with Crippen molar-refractivity contribution in [2.45, 2.75) is 19.3 Å². The van der Waals surface area contributed by atoms with Gasteiger partial charge in [0.2, 0.25) is 0 Å². The first-order chi connectivity index (χ1) is 5.38. The summed E-state index contributed by atoms with van der Waals surface area (Å²) in [4.78, 5) is 11.2. The van der Waals surface area contributed by atoms with Gasteiger partial charge >= 0.3 is 0 Å². The smallest absolute Gasteiger partial charge is 0.185 e. The van der Waals surface area contributed by atoms with Crippen LogP contribution in [0.15, 0.2) is 35.5 Å². The average Bonchev–Trinajstić information content (AvgIpc) is 1.90. The van der Waals surface area contributed by atoms with Crippen molar-refractivity contribution < 1.29 is 4.79 Å². The molecule has 0 spiro atoms. The highest BCUT2D eigenvalue weighted by molar-refractivity contribution is 6.08. The van der Waals surface area contributed by atoms with E-state index in [9.17, 15) is 4.79 Å².